The van der Waals surface area contributed by atoms with Crippen molar-refractivity contribution in [2.24, 2.45) is 17.6 Å². The summed E-state index contributed by atoms with van der Waals surface area (Å²) in [5.41, 5.74) is 5.71. The second-order valence-corrected chi connectivity index (χ2v) is 6.85. The maximum atomic E-state index is 12.2. The highest BCUT2D eigenvalue weighted by atomic mass is 16.2. The molecule has 0 spiro atoms. The summed E-state index contributed by atoms with van der Waals surface area (Å²) in [6.45, 7) is 15.1. The highest BCUT2D eigenvalue weighted by Crippen LogP contribution is 2.09. The number of hydrogen-bond donors (Lipinski definition) is 2. The number of amides is 1. The standard InChI is InChI=1S/C16H34N4O/c1-13(2)11-18-16(21)15(4)20-7-5-6-19(8-9-20)12-14(3)10-17/h13-15H,5-12,17H2,1-4H3,(H,18,21). The van der Waals surface area contributed by atoms with Crippen LogP contribution in [0.5, 0.6) is 0 Å². The molecule has 0 aromatic carbocycles. The zero-order valence-corrected chi connectivity index (χ0v) is 14.3. The second kappa shape index (κ2) is 9.38. The zero-order chi connectivity index (χ0) is 15.8. The molecule has 1 fully saturated rings. The molecule has 0 saturated carbocycles. The van der Waals surface area contributed by atoms with E-state index in [1.54, 1.807) is 0 Å². The third-order valence-electron chi connectivity index (χ3n) is 4.21. The van der Waals surface area contributed by atoms with E-state index in [-0.39, 0.29) is 11.9 Å². The van der Waals surface area contributed by atoms with Gasteiger partial charge in [-0.3, -0.25) is 9.69 Å². The summed E-state index contributed by atoms with van der Waals surface area (Å²) >= 11 is 0. The Hall–Kier alpha value is -0.650. The number of rotatable bonds is 7. The Morgan fingerprint density at radius 1 is 1.14 bits per heavy atom. The van der Waals surface area contributed by atoms with Crippen LogP contribution in [0.1, 0.15) is 34.1 Å². The highest BCUT2D eigenvalue weighted by Gasteiger charge is 2.24. The summed E-state index contributed by atoms with van der Waals surface area (Å²) in [4.78, 5) is 17.0. The molecule has 2 unspecified atom stereocenters. The molecule has 0 aromatic heterocycles. The Balaban J connectivity index is 2.41. The van der Waals surface area contributed by atoms with Crippen molar-refractivity contribution in [3.8, 4) is 0 Å². The molecule has 0 radical (unpaired) electrons. The second-order valence-electron chi connectivity index (χ2n) is 6.85. The van der Waals surface area contributed by atoms with E-state index in [0.717, 1.165) is 52.2 Å². The normalized spacial score (nSPS) is 21.0. The summed E-state index contributed by atoms with van der Waals surface area (Å²) in [6, 6.07) is -0.0318. The van der Waals surface area contributed by atoms with Crippen molar-refractivity contribution in [3.05, 3.63) is 0 Å². The Morgan fingerprint density at radius 2 is 1.86 bits per heavy atom. The van der Waals surface area contributed by atoms with Crippen LogP contribution in [0, 0.1) is 11.8 Å². The number of nitrogens with zero attached hydrogens (tertiary/aromatic N) is 2. The molecule has 5 nitrogen and oxygen atoms in total. The molecule has 1 amide bonds. The molecular weight excluding hydrogens is 264 g/mol. The number of nitrogens with one attached hydrogen (secondary N) is 1. The van der Waals surface area contributed by atoms with Crippen molar-refractivity contribution in [2.45, 2.75) is 40.2 Å². The van der Waals surface area contributed by atoms with Gasteiger partial charge in [0.25, 0.3) is 0 Å². The first-order valence-corrected chi connectivity index (χ1v) is 8.38. The van der Waals surface area contributed by atoms with Crippen LogP contribution in [-0.4, -0.2) is 67.6 Å². The Morgan fingerprint density at radius 3 is 2.48 bits per heavy atom. The minimum absolute atomic E-state index is 0.0318. The van der Waals surface area contributed by atoms with Crippen LogP contribution in [0.2, 0.25) is 0 Å². The average Bonchev–Trinajstić information content (AvgIpc) is 2.69. The van der Waals surface area contributed by atoms with Crippen molar-refractivity contribution in [3.63, 3.8) is 0 Å². The Labute approximate surface area is 130 Å². The van der Waals surface area contributed by atoms with E-state index >= 15 is 0 Å². The van der Waals surface area contributed by atoms with Crippen molar-refractivity contribution in [2.75, 3.05) is 45.8 Å². The summed E-state index contributed by atoms with van der Waals surface area (Å²) in [5.74, 6) is 1.20. The summed E-state index contributed by atoms with van der Waals surface area (Å²) in [5, 5.41) is 3.04. The van der Waals surface area contributed by atoms with Gasteiger partial charge in [-0.1, -0.05) is 20.8 Å². The van der Waals surface area contributed by atoms with E-state index in [9.17, 15) is 4.79 Å². The number of nitrogens with two attached hydrogens (primary N) is 1. The van der Waals surface area contributed by atoms with E-state index in [2.05, 4.69) is 35.9 Å². The van der Waals surface area contributed by atoms with Crippen LogP contribution in [-0.2, 0) is 4.79 Å². The molecule has 2 atom stereocenters. The highest BCUT2D eigenvalue weighted by molar-refractivity contribution is 5.81. The molecule has 1 saturated heterocycles. The average molecular weight is 298 g/mol. The number of hydrogen-bond acceptors (Lipinski definition) is 4. The first-order valence-electron chi connectivity index (χ1n) is 8.38. The van der Waals surface area contributed by atoms with Gasteiger partial charge in [0.15, 0.2) is 0 Å². The van der Waals surface area contributed by atoms with Gasteiger partial charge in [0.1, 0.15) is 0 Å². The van der Waals surface area contributed by atoms with Crippen LogP contribution >= 0.6 is 0 Å². The molecule has 21 heavy (non-hydrogen) atoms. The quantitative estimate of drug-likeness (QED) is 0.728. The summed E-state index contributed by atoms with van der Waals surface area (Å²) < 4.78 is 0. The molecule has 5 heteroatoms. The fourth-order valence-electron chi connectivity index (χ4n) is 2.69. The molecule has 1 aliphatic heterocycles. The van der Waals surface area contributed by atoms with Crippen LogP contribution in [0.25, 0.3) is 0 Å². The molecule has 1 rings (SSSR count). The number of carbonyl (C=O) groups is 1. The van der Waals surface area contributed by atoms with E-state index in [4.69, 9.17) is 5.73 Å². The van der Waals surface area contributed by atoms with Gasteiger partial charge in [0.2, 0.25) is 5.91 Å². The largest absolute Gasteiger partial charge is 0.354 e. The van der Waals surface area contributed by atoms with Gasteiger partial charge < -0.3 is 16.0 Å². The van der Waals surface area contributed by atoms with E-state index < -0.39 is 0 Å². The van der Waals surface area contributed by atoms with Crippen LogP contribution in [0.15, 0.2) is 0 Å². The fourth-order valence-corrected chi connectivity index (χ4v) is 2.69. The van der Waals surface area contributed by atoms with E-state index in [0.29, 0.717) is 11.8 Å². The monoisotopic (exact) mass is 298 g/mol. The Bertz CT molecular complexity index is 309. The third-order valence-corrected chi connectivity index (χ3v) is 4.21. The van der Waals surface area contributed by atoms with Gasteiger partial charge in [-0.05, 0) is 38.3 Å². The van der Waals surface area contributed by atoms with Gasteiger partial charge in [-0.15, -0.1) is 0 Å². The zero-order valence-electron chi connectivity index (χ0n) is 14.3. The lowest BCUT2D eigenvalue weighted by Gasteiger charge is -2.27. The smallest absolute Gasteiger partial charge is 0.237 e. The fraction of sp³-hybridized carbons (Fsp3) is 0.938. The lowest BCUT2D eigenvalue weighted by Crippen LogP contribution is -2.47. The minimum atomic E-state index is -0.0318. The predicted molar refractivity (Wildman–Crippen MR) is 88.2 cm³/mol. The summed E-state index contributed by atoms with van der Waals surface area (Å²) in [7, 11) is 0. The first-order chi connectivity index (χ1) is 9.93. The molecule has 0 aromatic rings. The lowest BCUT2D eigenvalue weighted by molar-refractivity contribution is -0.126. The maximum Gasteiger partial charge on any atom is 0.237 e. The van der Waals surface area contributed by atoms with Crippen LogP contribution < -0.4 is 11.1 Å². The molecule has 124 valence electrons. The SMILES string of the molecule is CC(C)CNC(=O)C(C)N1CCCN(CC(C)CN)CC1. The molecule has 3 N–H and O–H groups in total. The van der Waals surface area contributed by atoms with Gasteiger partial charge in [0, 0.05) is 32.7 Å². The topological polar surface area (TPSA) is 61.6 Å². The third kappa shape index (κ3) is 6.76. The van der Waals surface area contributed by atoms with Gasteiger partial charge in [-0.2, -0.15) is 0 Å². The lowest BCUT2D eigenvalue weighted by atomic mass is 10.1. The number of carbonyl (C=O) groups excluding carboxylic acids is 1. The molecule has 1 heterocycles. The maximum absolute atomic E-state index is 12.2. The molecular formula is C16H34N4O. The predicted octanol–water partition coefficient (Wildman–Crippen LogP) is 0.750. The van der Waals surface area contributed by atoms with E-state index in [1.807, 2.05) is 6.92 Å². The molecule has 0 aliphatic carbocycles. The van der Waals surface area contributed by atoms with Crippen LogP contribution in [0.3, 0.4) is 0 Å². The minimum Gasteiger partial charge on any atom is -0.354 e. The Kier molecular flexibility index (Phi) is 8.22. The van der Waals surface area contributed by atoms with E-state index in [1.165, 1.54) is 0 Å². The molecule has 1 aliphatic rings. The van der Waals surface area contributed by atoms with Crippen molar-refractivity contribution in [1.82, 2.24) is 15.1 Å². The van der Waals surface area contributed by atoms with Gasteiger partial charge in [0.05, 0.1) is 6.04 Å². The van der Waals surface area contributed by atoms with Gasteiger partial charge >= 0.3 is 0 Å². The van der Waals surface area contributed by atoms with Gasteiger partial charge in [-0.25, -0.2) is 0 Å². The van der Waals surface area contributed by atoms with Crippen molar-refractivity contribution < 1.29 is 4.79 Å². The molecule has 0 bridgehead atoms. The van der Waals surface area contributed by atoms with Crippen molar-refractivity contribution in [1.29, 1.82) is 0 Å². The van der Waals surface area contributed by atoms with Crippen molar-refractivity contribution >= 4 is 5.91 Å². The van der Waals surface area contributed by atoms with Crippen LogP contribution in [0.4, 0.5) is 0 Å². The summed E-state index contributed by atoms with van der Waals surface area (Å²) in [6.07, 6.45) is 1.12. The first kappa shape index (κ1) is 18.4.